The number of benzene rings is 2. The SMILES string of the molecule is Fc1cc(CONc2ccccc2)ccc1Cl. The van der Waals surface area contributed by atoms with E-state index in [0.29, 0.717) is 0 Å². The summed E-state index contributed by atoms with van der Waals surface area (Å²) in [4.78, 5) is 5.24. The molecule has 0 heterocycles. The Bertz CT molecular complexity index is 490. The van der Waals surface area contributed by atoms with E-state index in [2.05, 4.69) is 5.48 Å². The summed E-state index contributed by atoms with van der Waals surface area (Å²) in [5, 5.41) is 0.116. The molecule has 0 aromatic heterocycles. The van der Waals surface area contributed by atoms with Crippen LogP contribution in [-0.4, -0.2) is 0 Å². The van der Waals surface area contributed by atoms with Gasteiger partial charge in [-0.05, 0) is 29.8 Å². The quantitative estimate of drug-likeness (QED) is 0.829. The van der Waals surface area contributed by atoms with Crippen LogP contribution in [0, 0.1) is 5.82 Å². The Morgan fingerprint density at radius 2 is 1.88 bits per heavy atom. The van der Waals surface area contributed by atoms with Gasteiger partial charge in [0, 0.05) is 0 Å². The van der Waals surface area contributed by atoms with Gasteiger partial charge in [0.1, 0.15) is 5.82 Å². The van der Waals surface area contributed by atoms with Gasteiger partial charge in [-0.3, -0.25) is 10.3 Å². The third-order valence-corrected chi connectivity index (χ3v) is 2.49. The summed E-state index contributed by atoms with van der Waals surface area (Å²) in [7, 11) is 0. The molecule has 0 amide bonds. The Kier molecular flexibility index (Phi) is 3.96. The van der Waals surface area contributed by atoms with Crippen LogP contribution in [0.1, 0.15) is 5.56 Å². The van der Waals surface area contributed by atoms with Gasteiger partial charge in [-0.2, -0.15) is 0 Å². The van der Waals surface area contributed by atoms with Crippen LogP contribution in [0.5, 0.6) is 0 Å². The number of hydrogen-bond acceptors (Lipinski definition) is 2. The van der Waals surface area contributed by atoms with E-state index < -0.39 is 5.82 Å². The van der Waals surface area contributed by atoms with Gasteiger partial charge in [0.25, 0.3) is 0 Å². The van der Waals surface area contributed by atoms with Gasteiger partial charge in [-0.15, -0.1) is 0 Å². The fraction of sp³-hybridized carbons (Fsp3) is 0.0769. The van der Waals surface area contributed by atoms with Crippen LogP contribution in [0.15, 0.2) is 48.5 Å². The van der Waals surface area contributed by atoms with Gasteiger partial charge in [-0.1, -0.05) is 35.9 Å². The zero-order chi connectivity index (χ0) is 12.1. The van der Waals surface area contributed by atoms with E-state index in [4.69, 9.17) is 16.4 Å². The monoisotopic (exact) mass is 251 g/mol. The molecule has 0 bridgehead atoms. The van der Waals surface area contributed by atoms with Crippen LogP contribution in [0.2, 0.25) is 5.02 Å². The number of halogens is 2. The average molecular weight is 252 g/mol. The van der Waals surface area contributed by atoms with Gasteiger partial charge in [-0.25, -0.2) is 4.39 Å². The second kappa shape index (κ2) is 5.66. The molecule has 2 rings (SSSR count). The molecule has 0 atom stereocenters. The maximum absolute atomic E-state index is 13.1. The second-order valence-electron chi connectivity index (χ2n) is 3.51. The number of anilines is 1. The smallest absolute Gasteiger partial charge is 0.142 e. The fourth-order valence-corrected chi connectivity index (χ4v) is 1.46. The highest BCUT2D eigenvalue weighted by Crippen LogP contribution is 2.16. The van der Waals surface area contributed by atoms with Gasteiger partial charge in [0.05, 0.1) is 17.3 Å². The molecule has 0 unspecified atom stereocenters. The first-order valence-corrected chi connectivity index (χ1v) is 5.50. The minimum absolute atomic E-state index is 0.116. The van der Waals surface area contributed by atoms with Gasteiger partial charge in [0.2, 0.25) is 0 Å². The minimum atomic E-state index is -0.438. The molecule has 0 aliphatic carbocycles. The lowest BCUT2D eigenvalue weighted by Crippen LogP contribution is -2.01. The van der Waals surface area contributed by atoms with E-state index >= 15 is 0 Å². The van der Waals surface area contributed by atoms with Crippen molar-refractivity contribution >= 4 is 17.3 Å². The number of hydrogen-bond donors (Lipinski definition) is 1. The van der Waals surface area contributed by atoms with Crippen molar-refractivity contribution in [3.8, 4) is 0 Å². The van der Waals surface area contributed by atoms with Crippen molar-refractivity contribution in [1.82, 2.24) is 0 Å². The molecule has 0 saturated carbocycles. The molecule has 1 N–H and O–H groups in total. The molecule has 0 aliphatic heterocycles. The van der Waals surface area contributed by atoms with Crippen molar-refractivity contribution in [3.05, 3.63) is 64.9 Å². The Labute approximate surface area is 104 Å². The van der Waals surface area contributed by atoms with Gasteiger partial charge >= 0.3 is 0 Å². The third kappa shape index (κ3) is 3.44. The molecule has 0 saturated heterocycles. The van der Waals surface area contributed by atoms with E-state index in [1.54, 1.807) is 6.07 Å². The molecular weight excluding hydrogens is 241 g/mol. The lowest BCUT2D eigenvalue weighted by molar-refractivity contribution is 0.180. The van der Waals surface area contributed by atoms with Gasteiger partial charge < -0.3 is 0 Å². The molecule has 17 heavy (non-hydrogen) atoms. The van der Waals surface area contributed by atoms with Crippen LogP contribution < -0.4 is 5.48 Å². The van der Waals surface area contributed by atoms with E-state index in [-0.39, 0.29) is 11.6 Å². The number of para-hydroxylation sites is 1. The van der Waals surface area contributed by atoms with Crippen LogP contribution in [0.25, 0.3) is 0 Å². The summed E-state index contributed by atoms with van der Waals surface area (Å²) >= 11 is 5.58. The van der Waals surface area contributed by atoms with Crippen molar-refractivity contribution in [1.29, 1.82) is 0 Å². The Morgan fingerprint density at radius 3 is 2.59 bits per heavy atom. The Morgan fingerprint density at radius 1 is 1.12 bits per heavy atom. The molecule has 88 valence electrons. The lowest BCUT2D eigenvalue weighted by Gasteiger charge is -2.07. The molecule has 0 spiro atoms. The summed E-state index contributed by atoms with van der Waals surface area (Å²) in [6.45, 7) is 0.267. The molecule has 4 heteroatoms. The first kappa shape index (κ1) is 11.9. The van der Waals surface area contributed by atoms with Crippen LogP contribution in [0.3, 0.4) is 0 Å². The Hall–Kier alpha value is -1.58. The van der Waals surface area contributed by atoms with Crippen molar-refractivity contribution in [2.24, 2.45) is 0 Å². The summed E-state index contributed by atoms with van der Waals surface area (Å²) in [6, 6.07) is 14.1. The average Bonchev–Trinajstić information content (AvgIpc) is 2.35. The van der Waals surface area contributed by atoms with Crippen LogP contribution >= 0.6 is 11.6 Å². The Balaban J connectivity index is 1.88. The van der Waals surface area contributed by atoms with Crippen molar-refractivity contribution in [2.75, 3.05) is 5.48 Å². The van der Waals surface area contributed by atoms with Gasteiger partial charge in [0.15, 0.2) is 0 Å². The fourth-order valence-electron chi connectivity index (χ4n) is 1.34. The van der Waals surface area contributed by atoms with E-state index in [1.807, 2.05) is 30.3 Å². The highest BCUT2D eigenvalue weighted by Gasteiger charge is 2.01. The first-order valence-electron chi connectivity index (χ1n) is 5.12. The van der Waals surface area contributed by atoms with Crippen molar-refractivity contribution < 1.29 is 9.23 Å². The predicted octanol–water partition coefficient (Wildman–Crippen LogP) is 4.02. The zero-order valence-corrected chi connectivity index (χ0v) is 9.75. The summed E-state index contributed by atoms with van der Waals surface area (Å²) in [5.41, 5.74) is 4.34. The summed E-state index contributed by atoms with van der Waals surface area (Å²) < 4.78 is 13.1. The molecule has 0 aliphatic rings. The van der Waals surface area contributed by atoms with Crippen molar-refractivity contribution in [2.45, 2.75) is 6.61 Å². The second-order valence-corrected chi connectivity index (χ2v) is 3.91. The molecule has 2 aromatic rings. The zero-order valence-electron chi connectivity index (χ0n) is 8.99. The minimum Gasteiger partial charge on any atom is -0.271 e. The number of rotatable bonds is 4. The highest BCUT2D eigenvalue weighted by molar-refractivity contribution is 6.30. The maximum atomic E-state index is 13.1. The van der Waals surface area contributed by atoms with E-state index in [9.17, 15) is 4.39 Å². The molecular formula is C13H11ClFNO. The summed E-state index contributed by atoms with van der Waals surface area (Å²) in [6.07, 6.45) is 0. The first-order chi connectivity index (χ1) is 8.25. The normalized spacial score (nSPS) is 10.2. The van der Waals surface area contributed by atoms with E-state index in [1.165, 1.54) is 12.1 Å². The topological polar surface area (TPSA) is 21.3 Å². The molecule has 2 nitrogen and oxygen atoms in total. The lowest BCUT2D eigenvalue weighted by atomic mass is 10.2. The van der Waals surface area contributed by atoms with Crippen molar-refractivity contribution in [3.63, 3.8) is 0 Å². The standard InChI is InChI=1S/C13H11ClFNO/c14-12-7-6-10(8-13(12)15)9-17-16-11-4-2-1-3-5-11/h1-8,16H,9H2. The maximum Gasteiger partial charge on any atom is 0.142 e. The molecule has 0 fully saturated rings. The number of nitrogens with one attached hydrogen (secondary N) is 1. The van der Waals surface area contributed by atoms with Crippen LogP contribution in [-0.2, 0) is 11.4 Å². The largest absolute Gasteiger partial charge is 0.271 e. The predicted molar refractivity (Wildman–Crippen MR) is 66.3 cm³/mol. The van der Waals surface area contributed by atoms with Crippen LogP contribution in [0.4, 0.5) is 10.1 Å². The summed E-state index contributed by atoms with van der Waals surface area (Å²) in [5.74, 6) is -0.438. The molecule has 2 aromatic carbocycles. The highest BCUT2D eigenvalue weighted by atomic mass is 35.5. The third-order valence-electron chi connectivity index (χ3n) is 2.19. The molecule has 0 radical (unpaired) electrons. The van der Waals surface area contributed by atoms with E-state index in [0.717, 1.165) is 11.3 Å².